The lowest BCUT2D eigenvalue weighted by Gasteiger charge is -2.38. The van der Waals surface area contributed by atoms with Gasteiger partial charge in [0, 0.05) is 12.6 Å². The van der Waals surface area contributed by atoms with Crippen LogP contribution in [0.5, 0.6) is 0 Å². The molecule has 0 radical (unpaired) electrons. The van der Waals surface area contributed by atoms with Crippen LogP contribution in [0, 0.1) is 0 Å². The fourth-order valence-electron chi connectivity index (χ4n) is 3.40. The number of carbonyl (C=O) groups is 1. The molecule has 0 aromatic heterocycles. The lowest BCUT2D eigenvalue weighted by Crippen LogP contribution is -2.53. The summed E-state index contributed by atoms with van der Waals surface area (Å²) < 4.78 is 0. The molecular weight excluding hydrogens is 250 g/mol. The van der Waals surface area contributed by atoms with E-state index in [1.807, 2.05) is 6.07 Å². The molecule has 1 saturated heterocycles. The number of hydrogen-bond donors (Lipinski definition) is 2. The summed E-state index contributed by atoms with van der Waals surface area (Å²) in [5.74, 6) is 0.810. The Morgan fingerprint density at radius 2 is 2.10 bits per heavy atom. The predicted molar refractivity (Wildman–Crippen MR) is 79.1 cm³/mol. The average molecular weight is 271 g/mol. The maximum atomic E-state index is 12.3. The van der Waals surface area contributed by atoms with Crippen LogP contribution >= 0.6 is 0 Å². The minimum absolute atomic E-state index is 0.0816. The third kappa shape index (κ3) is 1.99. The molecule has 2 N–H and O–H groups in total. The molecule has 2 heterocycles. The monoisotopic (exact) mass is 271 g/mol. The number of nitrogens with one attached hydrogen (secondary N) is 2. The van der Waals surface area contributed by atoms with Gasteiger partial charge >= 0.3 is 0 Å². The Labute approximate surface area is 119 Å². The molecule has 0 unspecified atom stereocenters. The number of anilines is 1. The summed E-state index contributed by atoms with van der Waals surface area (Å²) in [5, 5.41) is 6.65. The molecule has 1 aliphatic carbocycles. The zero-order valence-electron chi connectivity index (χ0n) is 11.9. The number of amides is 1. The number of hydrogen-bond acceptors (Lipinski definition) is 3. The van der Waals surface area contributed by atoms with E-state index in [1.54, 1.807) is 0 Å². The van der Waals surface area contributed by atoms with Crippen LogP contribution in [0.15, 0.2) is 18.2 Å². The van der Waals surface area contributed by atoms with Crippen molar-refractivity contribution < 1.29 is 4.79 Å². The molecule has 4 rings (SSSR count). The molecule has 3 aliphatic rings. The van der Waals surface area contributed by atoms with Crippen molar-refractivity contribution >= 4 is 11.6 Å². The molecule has 4 heteroatoms. The summed E-state index contributed by atoms with van der Waals surface area (Å²) in [6, 6.07) is 6.86. The maximum Gasteiger partial charge on any atom is 0.254 e. The largest absolute Gasteiger partial charge is 0.349 e. The average Bonchev–Trinajstić information content (AvgIpc) is 3.26. The minimum Gasteiger partial charge on any atom is -0.349 e. The van der Waals surface area contributed by atoms with Crippen molar-refractivity contribution in [2.45, 2.75) is 44.3 Å². The standard InChI is InChI=1S/C16H21N3O/c1-10-9-19-14-8-12(11-2-3-11)4-5-13(14)16(20)18-15(19)6-7-17-10/h4-5,8,10-11,15,17H,2-3,6-7,9H2,1H3,(H,18,20)/t10-,15-/m0/s1. The van der Waals surface area contributed by atoms with Crippen molar-refractivity contribution in [1.29, 1.82) is 0 Å². The molecule has 20 heavy (non-hydrogen) atoms. The topological polar surface area (TPSA) is 44.4 Å². The van der Waals surface area contributed by atoms with Crippen molar-refractivity contribution in [2.24, 2.45) is 0 Å². The molecule has 1 aromatic carbocycles. The number of carbonyl (C=O) groups excluding carboxylic acids is 1. The van der Waals surface area contributed by atoms with E-state index in [4.69, 9.17) is 0 Å². The van der Waals surface area contributed by atoms with Crippen LogP contribution in [0.2, 0.25) is 0 Å². The first-order valence-corrected chi connectivity index (χ1v) is 7.67. The molecule has 0 spiro atoms. The Hall–Kier alpha value is -1.55. The van der Waals surface area contributed by atoms with Crippen molar-refractivity contribution in [2.75, 3.05) is 18.0 Å². The molecule has 2 aliphatic heterocycles. The van der Waals surface area contributed by atoms with Gasteiger partial charge in [0.25, 0.3) is 5.91 Å². The number of benzene rings is 1. The highest BCUT2D eigenvalue weighted by Gasteiger charge is 2.34. The molecular formula is C16H21N3O. The van der Waals surface area contributed by atoms with Crippen molar-refractivity contribution in [1.82, 2.24) is 10.6 Å². The molecule has 1 amide bonds. The normalized spacial score (nSPS) is 29.2. The summed E-state index contributed by atoms with van der Waals surface area (Å²) in [6.07, 6.45) is 3.70. The van der Waals surface area contributed by atoms with E-state index in [1.165, 1.54) is 18.4 Å². The zero-order chi connectivity index (χ0) is 13.7. The molecule has 2 atom stereocenters. The highest BCUT2D eigenvalue weighted by molar-refractivity contribution is 6.02. The van der Waals surface area contributed by atoms with Crippen molar-refractivity contribution in [3.05, 3.63) is 29.3 Å². The Bertz CT molecular complexity index is 553. The highest BCUT2D eigenvalue weighted by atomic mass is 16.2. The van der Waals surface area contributed by atoms with Crippen LogP contribution in [-0.4, -0.2) is 31.2 Å². The second kappa shape index (κ2) is 4.48. The predicted octanol–water partition coefficient (Wildman–Crippen LogP) is 1.82. The van der Waals surface area contributed by atoms with E-state index in [-0.39, 0.29) is 12.1 Å². The van der Waals surface area contributed by atoms with Crippen LogP contribution in [0.3, 0.4) is 0 Å². The molecule has 4 nitrogen and oxygen atoms in total. The van der Waals surface area contributed by atoms with Gasteiger partial charge in [-0.3, -0.25) is 4.79 Å². The third-order valence-corrected chi connectivity index (χ3v) is 4.68. The third-order valence-electron chi connectivity index (χ3n) is 4.68. The van der Waals surface area contributed by atoms with E-state index in [0.717, 1.165) is 36.7 Å². The van der Waals surface area contributed by atoms with Gasteiger partial charge in [-0.25, -0.2) is 0 Å². The summed E-state index contributed by atoms with van der Waals surface area (Å²) in [5.41, 5.74) is 3.38. The van der Waals surface area contributed by atoms with Gasteiger partial charge in [0.05, 0.1) is 11.3 Å². The van der Waals surface area contributed by atoms with E-state index in [9.17, 15) is 4.79 Å². The smallest absolute Gasteiger partial charge is 0.254 e. The molecule has 106 valence electrons. The summed E-state index contributed by atoms with van der Waals surface area (Å²) in [4.78, 5) is 14.7. The summed E-state index contributed by atoms with van der Waals surface area (Å²) in [6.45, 7) is 4.12. The zero-order valence-corrected chi connectivity index (χ0v) is 11.9. The summed E-state index contributed by atoms with van der Waals surface area (Å²) >= 11 is 0. The van der Waals surface area contributed by atoms with Gasteiger partial charge in [0.1, 0.15) is 6.17 Å². The SMILES string of the molecule is C[C@H]1CN2c3cc(C4CC4)ccc3C(=O)N[C@@H]2CCN1. The quantitative estimate of drug-likeness (QED) is 0.819. The Kier molecular flexibility index (Phi) is 2.74. The van der Waals surface area contributed by atoms with E-state index in [2.05, 4.69) is 34.6 Å². The lowest BCUT2D eigenvalue weighted by molar-refractivity contribution is 0.0926. The van der Waals surface area contributed by atoms with Gasteiger partial charge in [-0.05, 0) is 56.3 Å². The number of fused-ring (bicyclic) bond motifs is 3. The van der Waals surface area contributed by atoms with Crippen LogP contribution in [-0.2, 0) is 0 Å². The number of rotatable bonds is 1. The van der Waals surface area contributed by atoms with Gasteiger partial charge in [0.2, 0.25) is 0 Å². The summed E-state index contributed by atoms with van der Waals surface area (Å²) in [7, 11) is 0. The van der Waals surface area contributed by atoms with E-state index < -0.39 is 0 Å². The van der Waals surface area contributed by atoms with E-state index >= 15 is 0 Å². The first kappa shape index (κ1) is 12.2. The van der Waals surface area contributed by atoms with Crippen LogP contribution in [0.25, 0.3) is 0 Å². The van der Waals surface area contributed by atoms with E-state index in [0.29, 0.717) is 6.04 Å². The minimum atomic E-state index is 0.0816. The molecule has 2 fully saturated rings. The second-order valence-electron chi connectivity index (χ2n) is 6.34. The van der Waals surface area contributed by atoms with Gasteiger partial charge in [-0.2, -0.15) is 0 Å². The molecule has 1 saturated carbocycles. The fourth-order valence-corrected chi connectivity index (χ4v) is 3.40. The Balaban J connectivity index is 1.77. The van der Waals surface area contributed by atoms with Crippen LogP contribution in [0.4, 0.5) is 5.69 Å². The number of nitrogens with zero attached hydrogens (tertiary/aromatic N) is 1. The van der Waals surface area contributed by atoms with Gasteiger partial charge in [-0.1, -0.05) is 6.07 Å². The fraction of sp³-hybridized carbons (Fsp3) is 0.562. The first-order valence-electron chi connectivity index (χ1n) is 7.67. The van der Waals surface area contributed by atoms with Crippen LogP contribution < -0.4 is 15.5 Å². The molecule has 1 aromatic rings. The van der Waals surface area contributed by atoms with Crippen molar-refractivity contribution in [3.63, 3.8) is 0 Å². The first-order chi connectivity index (χ1) is 9.72. The van der Waals surface area contributed by atoms with Crippen molar-refractivity contribution in [3.8, 4) is 0 Å². The second-order valence-corrected chi connectivity index (χ2v) is 6.34. The van der Waals surface area contributed by atoms with Crippen LogP contribution in [0.1, 0.15) is 48.0 Å². The highest BCUT2D eigenvalue weighted by Crippen LogP contribution is 2.42. The Morgan fingerprint density at radius 1 is 1.25 bits per heavy atom. The van der Waals surface area contributed by atoms with Gasteiger partial charge < -0.3 is 15.5 Å². The molecule has 0 bridgehead atoms. The maximum absolute atomic E-state index is 12.3. The Morgan fingerprint density at radius 3 is 2.90 bits per heavy atom. The lowest BCUT2D eigenvalue weighted by atomic mass is 10.0. The van der Waals surface area contributed by atoms with Gasteiger partial charge in [-0.15, -0.1) is 0 Å². The van der Waals surface area contributed by atoms with Gasteiger partial charge in [0.15, 0.2) is 0 Å².